The van der Waals surface area contributed by atoms with Gasteiger partial charge in [0.1, 0.15) is 11.4 Å². The quantitative estimate of drug-likeness (QED) is 0.828. The molecule has 9 heteroatoms. The van der Waals surface area contributed by atoms with Gasteiger partial charge in [0.25, 0.3) is 0 Å². The molecule has 2 N–H and O–H groups in total. The van der Waals surface area contributed by atoms with Crippen molar-refractivity contribution in [2.24, 2.45) is 5.73 Å². The molecular weight excluding hydrogens is 289 g/mol. The molecule has 0 amide bonds. The Balaban J connectivity index is 3.02. The summed E-state index contributed by atoms with van der Waals surface area (Å²) in [6.07, 6.45) is -4.50. The van der Waals surface area contributed by atoms with Crippen LogP contribution < -0.4 is 5.73 Å². The summed E-state index contributed by atoms with van der Waals surface area (Å²) in [6, 6.07) is -1.88. The molecule has 1 heterocycles. The Hall–Kier alpha value is 0.01000. The first-order valence-electron chi connectivity index (χ1n) is 5.56. The molecule has 108 valence electrons. The third kappa shape index (κ3) is 3.52. The van der Waals surface area contributed by atoms with Gasteiger partial charge in [0, 0.05) is 30.3 Å². The van der Waals surface area contributed by atoms with Crippen molar-refractivity contribution < 1.29 is 21.6 Å². The molecule has 0 aromatic carbocycles. The zero-order valence-corrected chi connectivity index (χ0v) is 11.6. The van der Waals surface area contributed by atoms with Gasteiger partial charge in [0.15, 0.2) is 9.84 Å². The van der Waals surface area contributed by atoms with Crippen LogP contribution in [0.25, 0.3) is 0 Å². The molecule has 1 aliphatic heterocycles. The average molecular weight is 306 g/mol. The van der Waals surface area contributed by atoms with Crippen molar-refractivity contribution in [2.75, 3.05) is 30.3 Å². The van der Waals surface area contributed by atoms with Gasteiger partial charge in [-0.1, -0.05) is 6.92 Å². The van der Waals surface area contributed by atoms with Crippen LogP contribution in [0.5, 0.6) is 0 Å². The van der Waals surface area contributed by atoms with Gasteiger partial charge in [0.2, 0.25) is 0 Å². The van der Waals surface area contributed by atoms with Crippen LogP contribution >= 0.6 is 11.8 Å². The topological polar surface area (TPSA) is 63.4 Å². The number of thioether (sulfide) groups is 1. The molecule has 1 rings (SSSR count). The summed E-state index contributed by atoms with van der Waals surface area (Å²) in [5.74, 6) is 0.495. The second-order valence-electron chi connectivity index (χ2n) is 4.01. The van der Waals surface area contributed by atoms with E-state index in [-0.39, 0.29) is 18.1 Å². The predicted molar refractivity (Wildman–Crippen MR) is 66.2 cm³/mol. The van der Waals surface area contributed by atoms with Crippen LogP contribution in [-0.4, -0.2) is 61.3 Å². The fourth-order valence-electron chi connectivity index (χ4n) is 1.91. The summed E-state index contributed by atoms with van der Waals surface area (Å²) in [7, 11) is -3.54. The van der Waals surface area contributed by atoms with Crippen LogP contribution in [0.1, 0.15) is 6.92 Å². The van der Waals surface area contributed by atoms with Gasteiger partial charge < -0.3 is 5.73 Å². The van der Waals surface area contributed by atoms with Gasteiger partial charge in [-0.3, -0.25) is 4.90 Å². The zero-order valence-electron chi connectivity index (χ0n) is 9.98. The van der Waals surface area contributed by atoms with E-state index >= 15 is 0 Å². The Bertz CT molecular complexity index is 372. The molecule has 0 bridgehead atoms. The smallest absolute Gasteiger partial charge is 0.329 e. The second-order valence-corrected chi connectivity index (χ2v) is 7.61. The summed E-state index contributed by atoms with van der Waals surface area (Å²) in [5, 5.41) is -1.09. The SMILES string of the molecule is CCS(=O)(=O)C1CSCCN1C(CN)C(F)(F)F. The van der Waals surface area contributed by atoms with Gasteiger partial charge in [-0.15, -0.1) is 0 Å². The molecule has 0 spiro atoms. The Morgan fingerprint density at radius 2 is 2.11 bits per heavy atom. The number of halogens is 3. The van der Waals surface area contributed by atoms with Crippen molar-refractivity contribution in [1.29, 1.82) is 0 Å². The molecular formula is C9H17F3N2O2S2. The van der Waals surface area contributed by atoms with Gasteiger partial charge in [-0.25, -0.2) is 8.42 Å². The van der Waals surface area contributed by atoms with Crippen LogP contribution in [0.15, 0.2) is 0 Å². The summed E-state index contributed by atoms with van der Waals surface area (Å²) < 4.78 is 62.2. The molecule has 0 radical (unpaired) electrons. The van der Waals surface area contributed by atoms with Crippen molar-refractivity contribution in [2.45, 2.75) is 24.5 Å². The summed E-state index contributed by atoms with van der Waals surface area (Å²) in [6.45, 7) is 0.914. The standard InChI is InChI=1S/C9H17F3N2O2S2/c1-2-18(15,16)8-6-17-4-3-14(8)7(5-13)9(10,11)12/h7-8H,2-6,13H2,1H3. The van der Waals surface area contributed by atoms with Crippen LogP contribution in [0.2, 0.25) is 0 Å². The van der Waals surface area contributed by atoms with E-state index in [0.717, 1.165) is 4.90 Å². The van der Waals surface area contributed by atoms with Crippen LogP contribution in [-0.2, 0) is 9.84 Å². The molecule has 2 atom stereocenters. The van der Waals surface area contributed by atoms with E-state index in [2.05, 4.69) is 0 Å². The number of nitrogens with two attached hydrogens (primary N) is 1. The lowest BCUT2D eigenvalue weighted by molar-refractivity contribution is -0.181. The molecule has 18 heavy (non-hydrogen) atoms. The first kappa shape index (κ1) is 16.1. The molecule has 0 aromatic rings. The number of rotatable bonds is 4. The number of alkyl halides is 3. The van der Waals surface area contributed by atoms with Gasteiger partial charge in [-0.2, -0.15) is 24.9 Å². The lowest BCUT2D eigenvalue weighted by Crippen LogP contribution is -2.59. The van der Waals surface area contributed by atoms with Gasteiger partial charge >= 0.3 is 6.18 Å². The lowest BCUT2D eigenvalue weighted by Gasteiger charge is -2.40. The largest absolute Gasteiger partial charge is 0.405 e. The number of nitrogens with zero attached hydrogens (tertiary/aromatic N) is 1. The van der Waals surface area contributed by atoms with E-state index in [0.29, 0.717) is 5.75 Å². The van der Waals surface area contributed by atoms with Crippen LogP contribution in [0.3, 0.4) is 0 Å². The molecule has 1 fully saturated rings. The highest BCUT2D eigenvalue weighted by Crippen LogP contribution is 2.31. The fraction of sp³-hybridized carbons (Fsp3) is 1.00. The van der Waals surface area contributed by atoms with E-state index in [1.807, 2.05) is 0 Å². The third-order valence-corrected chi connectivity index (χ3v) is 6.25. The van der Waals surface area contributed by atoms with Gasteiger partial charge in [-0.05, 0) is 0 Å². The van der Waals surface area contributed by atoms with Crippen molar-refractivity contribution >= 4 is 21.6 Å². The monoisotopic (exact) mass is 306 g/mol. The Labute approximate surface area is 109 Å². The molecule has 1 saturated heterocycles. The predicted octanol–water partition coefficient (Wildman–Crippen LogP) is 0.686. The fourth-order valence-corrected chi connectivity index (χ4v) is 4.98. The van der Waals surface area contributed by atoms with E-state index < -0.39 is 34.0 Å². The highest BCUT2D eigenvalue weighted by molar-refractivity contribution is 8.01. The normalized spacial score (nSPS) is 25.1. The number of hydrogen-bond acceptors (Lipinski definition) is 5. The van der Waals surface area contributed by atoms with E-state index in [1.165, 1.54) is 18.7 Å². The molecule has 1 aliphatic rings. The Morgan fingerprint density at radius 3 is 2.56 bits per heavy atom. The van der Waals surface area contributed by atoms with Gasteiger partial charge in [0.05, 0.1) is 0 Å². The number of sulfone groups is 1. The Kier molecular flexibility index (Phi) is 5.33. The van der Waals surface area contributed by atoms with Crippen LogP contribution in [0.4, 0.5) is 13.2 Å². The van der Waals surface area contributed by atoms with E-state index in [4.69, 9.17) is 5.73 Å². The molecule has 0 aliphatic carbocycles. The minimum atomic E-state index is -4.50. The first-order valence-corrected chi connectivity index (χ1v) is 8.43. The van der Waals surface area contributed by atoms with Crippen molar-refractivity contribution in [1.82, 2.24) is 4.90 Å². The third-order valence-electron chi connectivity index (χ3n) is 2.94. The molecule has 2 unspecified atom stereocenters. The molecule has 0 saturated carbocycles. The first-order chi connectivity index (χ1) is 8.24. The highest BCUT2D eigenvalue weighted by Gasteiger charge is 2.48. The maximum atomic E-state index is 12.8. The number of hydrogen-bond donors (Lipinski definition) is 1. The lowest BCUT2D eigenvalue weighted by atomic mass is 10.2. The highest BCUT2D eigenvalue weighted by atomic mass is 32.2. The zero-order chi connectivity index (χ0) is 14.0. The summed E-state index contributed by atoms with van der Waals surface area (Å²) >= 11 is 1.36. The van der Waals surface area contributed by atoms with Crippen molar-refractivity contribution in [3.8, 4) is 0 Å². The minimum absolute atomic E-state index is 0.0932. The second kappa shape index (κ2) is 5.98. The summed E-state index contributed by atoms with van der Waals surface area (Å²) in [4.78, 5) is 0.995. The summed E-state index contributed by atoms with van der Waals surface area (Å²) in [5.41, 5.74) is 5.17. The van der Waals surface area contributed by atoms with Crippen LogP contribution in [0, 0.1) is 0 Å². The van der Waals surface area contributed by atoms with Crippen molar-refractivity contribution in [3.05, 3.63) is 0 Å². The minimum Gasteiger partial charge on any atom is -0.329 e. The average Bonchev–Trinajstić information content (AvgIpc) is 2.28. The van der Waals surface area contributed by atoms with E-state index in [1.54, 1.807) is 0 Å². The maximum Gasteiger partial charge on any atom is 0.405 e. The molecule has 0 aromatic heterocycles. The van der Waals surface area contributed by atoms with Crippen molar-refractivity contribution in [3.63, 3.8) is 0 Å². The van der Waals surface area contributed by atoms with E-state index in [9.17, 15) is 21.6 Å². The Morgan fingerprint density at radius 1 is 1.50 bits per heavy atom. The maximum absolute atomic E-state index is 12.8. The molecule has 4 nitrogen and oxygen atoms in total.